The third-order valence-electron chi connectivity index (χ3n) is 4.89. The summed E-state index contributed by atoms with van der Waals surface area (Å²) in [6, 6.07) is 11.2. The van der Waals surface area contributed by atoms with Gasteiger partial charge in [-0.3, -0.25) is 4.79 Å². The molecule has 2 heterocycles. The molecule has 3 nitrogen and oxygen atoms in total. The number of hydrogen-bond acceptors (Lipinski definition) is 3. The predicted octanol–water partition coefficient (Wildman–Crippen LogP) is 3.92. The quantitative estimate of drug-likeness (QED) is 0.893. The third-order valence-corrected chi connectivity index (χ3v) is 5.89. The minimum Gasteiger partial charge on any atom is -0.330 e. The van der Waals surface area contributed by atoms with E-state index in [0.717, 1.165) is 19.4 Å². The zero-order valence-electron chi connectivity index (χ0n) is 14.7. The van der Waals surface area contributed by atoms with Gasteiger partial charge in [-0.25, -0.2) is 0 Å². The number of aryl methyl sites for hydroxylation is 1. The van der Waals surface area contributed by atoms with Crippen LogP contribution >= 0.6 is 11.3 Å². The molecule has 1 N–H and O–H groups in total. The van der Waals surface area contributed by atoms with Crippen LogP contribution in [0.2, 0.25) is 0 Å². The Morgan fingerprint density at radius 1 is 1.33 bits per heavy atom. The van der Waals surface area contributed by atoms with Gasteiger partial charge in [0, 0.05) is 17.5 Å². The smallest absolute Gasteiger partial charge is 0.237 e. The molecule has 1 amide bonds. The molecule has 2 atom stereocenters. The monoisotopic (exact) mass is 342 g/mol. The normalized spacial score (nSPS) is 18.3. The zero-order chi connectivity index (χ0) is 17.1. The highest BCUT2D eigenvalue weighted by atomic mass is 32.1. The second-order valence-corrected chi connectivity index (χ2v) is 7.64. The minimum atomic E-state index is 0.0480. The fraction of sp³-hybridized carbons (Fsp3) is 0.450. The number of rotatable bonds is 5. The lowest BCUT2D eigenvalue weighted by Gasteiger charge is -2.36. The van der Waals surface area contributed by atoms with E-state index in [0.29, 0.717) is 12.6 Å². The van der Waals surface area contributed by atoms with Gasteiger partial charge >= 0.3 is 0 Å². The molecule has 128 valence electrons. The van der Waals surface area contributed by atoms with Gasteiger partial charge in [0.25, 0.3) is 0 Å². The Morgan fingerprint density at radius 3 is 2.79 bits per heavy atom. The summed E-state index contributed by atoms with van der Waals surface area (Å²) in [7, 11) is 0. The minimum absolute atomic E-state index is 0.0480. The largest absolute Gasteiger partial charge is 0.330 e. The Kier molecular flexibility index (Phi) is 5.36. The molecular formula is C20H26N2OS. The topological polar surface area (TPSA) is 32.3 Å². The van der Waals surface area contributed by atoms with E-state index >= 15 is 0 Å². The SMILES string of the molecule is CC[C@H](C)NCC(=O)N1CCc2sccc2[C@@H]1c1ccc(C)cc1. The highest BCUT2D eigenvalue weighted by Gasteiger charge is 2.32. The van der Waals surface area contributed by atoms with E-state index in [-0.39, 0.29) is 11.9 Å². The molecule has 0 saturated heterocycles. The predicted molar refractivity (Wildman–Crippen MR) is 101 cm³/mol. The first-order chi connectivity index (χ1) is 11.6. The molecule has 1 aromatic heterocycles. The summed E-state index contributed by atoms with van der Waals surface area (Å²) in [6.07, 6.45) is 1.99. The van der Waals surface area contributed by atoms with Gasteiger partial charge in [0.15, 0.2) is 0 Å². The van der Waals surface area contributed by atoms with Crippen LogP contribution in [0.4, 0.5) is 0 Å². The van der Waals surface area contributed by atoms with E-state index in [9.17, 15) is 4.79 Å². The van der Waals surface area contributed by atoms with Crippen molar-refractivity contribution in [2.75, 3.05) is 13.1 Å². The highest BCUT2D eigenvalue weighted by molar-refractivity contribution is 7.10. The molecule has 4 heteroatoms. The summed E-state index contributed by atoms with van der Waals surface area (Å²) < 4.78 is 0. The first-order valence-electron chi connectivity index (χ1n) is 8.75. The lowest BCUT2D eigenvalue weighted by atomic mass is 9.92. The molecule has 1 aliphatic heterocycles. The van der Waals surface area contributed by atoms with Crippen LogP contribution in [-0.2, 0) is 11.2 Å². The number of nitrogens with zero attached hydrogens (tertiary/aromatic N) is 1. The van der Waals surface area contributed by atoms with E-state index in [4.69, 9.17) is 0 Å². The first kappa shape index (κ1) is 17.2. The number of amides is 1. The molecule has 3 rings (SSSR count). The van der Waals surface area contributed by atoms with E-state index < -0.39 is 0 Å². The van der Waals surface area contributed by atoms with Crippen molar-refractivity contribution in [2.24, 2.45) is 0 Å². The van der Waals surface area contributed by atoms with Crippen LogP contribution in [0.1, 0.15) is 47.9 Å². The van der Waals surface area contributed by atoms with Gasteiger partial charge in [-0.05, 0) is 49.3 Å². The molecule has 0 radical (unpaired) electrons. The fourth-order valence-corrected chi connectivity index (χ4v) is 4.10. The van der Waals surface area contributed by atoms with Gasteiger partial charge in [-0.1, -0.05) is 36.8 Å². The maximum Gasteiger partial charge on any atom is 0.237 e. The summed E-state index contributed by atoms with van der Waals surface area (Å²) in [6.45, 7) is 7.57. The van der Waals surface area contributed by atoms with Crippen LogP contribution in [0.25, 0.3) is 0 Å². The van der Waals surface area contributed by atoms with Crippen molar-refractivity contribution in [3.05, 3.63) is 57.3 Å². The summed E-state index contributed by atoms with van der Waals surface area (Å²) in [5.74, 6) is 0.192. The molecule has 1 aromatic carbocycles. The van der Waals surface area contributed by atoms with E-state index in [1.807, 2.05) is 11.3 Å². The molecule has 24 heavy (non-hydrogen) atoms. The fourth-order valence-electron chi connectivity index (χ4n) is 3.20. The average Bonchev–Trinajstić information content (AvgIpc) is 3.08. The molecule has 0 unspecified atom stereocenters. The van der Waals surface area contributed by atoms with E-state index in [1.54, 1.807) is 0 Å². The molecular weight excluding hydrogens is 316 g/mol. The van der Waals surface area contributed by atoms with Crippen molar-refractivity contribution in [3.8, 4) is 0 Å². The molecule has 0 bridgehead atoms. The maximum atomic E-state index is 12.9. The lowest BCUT2D eigenvalue weighted by Crippen LogP contribution is -2.45. The van der Waals surface area contributed by atoms with Crippen LogP contribution in [0, 0.1) is 6.92 Å². The van der Waals surface area contributed by atoms with Crippen molar-refractivity contribution in [3.63, 3.8) is 0 Å². The summed E-state index contributed by atoms with van der Waals surface area (Å²) in [5.41, 5.74) is 3.75. The summed E-state index contributed by atoms with van der Waals surface area (Å²) >= 11 is 1.81. The zero-order valence-corrected chi connectivity index (χ0v) is 15.5. The van der Waals surface area contributed by atoms with Crippen molar-refractivity contribution in [1.29, 1.82) is 0 Å². The summed E-state index contributed by atoms with van der Waals surface area (Å²) in [4.78, 5) is 16.3. The Bertz CT molecular complexity index is 692. The van der Waals surface area contributed by atoms with Crippen molar-refractivity contribution in [1.82, 2.24) is 10.2 Å². The Hall–Kier alpha value is -1.65. The molecule has 2 aromatic rings. The number of hydrogen-bond donors (Lipinski definition) is 1. The van der Waals surface area contributed by atoms with E-state index in [1.165, 1.54) is 21.6 Å². The molecule has 0 saturated carbocycles. The number of fused-ring (bicyclic) bond motifs is 1. The Morgan fingerprint density at radius 2 is 2.08 bits per heavy atom. The second kappa shape index (κ2) is 7.49. The van der Waals surface area contributed by atoms with Crippen molar-refractivity contribution < 1.29 is 4.79 Å². The second-order valence-electron chi connectivity index (χ2n) is 6.64. The van der Waals surface area contributed by atoms with Gasteiger partial charge in [-0.15, -0.1) is 11.3 Å². The van der Waals surface area contributed by atoms with E-state index in [2.05, 4.69) is 66.7 Å². The van der Waals surface area contributed by atoms with Gasteiger partial charge in [0.1, 0.15) is 0 Å². The van der Waals surface area contributed by atoms with Gasteiger partial charge in [0.2, 0.25) is 5.91 Å². The maximum absolute atomic E-state index is 12.9. The Balaban J connectivity index is 1.87. The number of benzene rings is 1. The lowest BCUT2D eigenvalue weighted by molar-refractivity contribution is -0.132. The van der Waals surface area contributed by atoms with Crippen LogP contribution in [0.15, 0.2) is 35.7 Å². The third kappa shape index (κ3) is 3.55. The average molecular weight is 343 g/mol. The number of carbonyl (C=O) groups is 1. The highest BCUT2D eigenvalue weighted by Crippen LogP contribution is 2.37. The van der Waals surface area contributed by atoms with Gasteiger partial charge < -0.3 is 10.2 Å². The van der Waals surface area contributed by atoms with Crippen LogP contribution < -0.4 is 5.32 Å². The number of thiophene rings is 1. The van der Waals surface area contributed by atoms with Crippen LogP contribution in [-0.4, -0.2) is 29.9 Å². The number of carbonyl (C=O) groups excluding carboxylic acids is 1. The summed E-state index contributed by atoms with van der Waals surface area (Å²) in [5, 5.41) is 5.49. The molecule has 0 aliphatic carbocycles. The Labute approximate surface area is 148 Å². The van der Waals surface area contributed by atoms with Crippen molar-refractivity contribution in [2.45, 2.75) is 45.7 Å². The number of nitrogens with one attached hydrogen (secondary N) is 1. The van der Waals surface area contributed by atoms with Crippen LogP contribution in [0.3, 0.4) is 0 Å². The molecule has 0 spiro atoms. The van der Waals surface area contributed by atoms with Crippen molar-refractivity contribution >= 4 is 17.2 Å². The van der Waals surface area contributed by atoms with Crippen LogP contribution in [0.5, 0.6) is 0 Å². The first-order valence-corrected chi connectivity index (χ1v) is 9.63. The standard InChI is InChI=1S/C20H26N2OS/c1-4-15(3)21-13-19(23)22-11-9-18-17(10-12-24-18)20(22)16-7-5-14(2)6-8-16/h5-8,10,12,15,20-21H,4,9,11,13H2,1-3H3/t15-,20-/m0/s1. The molecule has 0 fully saturated rings. The molecule has 1 aliphatic rings. The van der Waals surface area contributed by atoms with Gasteiger partial charge in [0.05, 0.1) is 12.6 Å². The van der Waals surface area contributed by atoms with Gasteiger partial charge in [-0.2, -0.15) is 0 Å².